The molecule has 0 saturated heterocycles. The molecule has 0 bridgehead atoms. The maximum absolute atomic E-state index is 13.0. The monoisotopic (exact) mass is 452 g/mol. The van der Waals surface area contributed by atoms with Crippen molar-refractivity contribution in [3.05, 3.63) is 89.0 Å². The summed E-state index contributed by atoms with van der Waals surface area (Å²) in [5, 5.41) is 2.67. The van der Waals surface area contributed by atoms with Crippen LogP contribution >= 0.6 is 0 Å². The molecule has 3 rings (SSSR count). The zero-order valence-corrected chi connectivity index (χ0v) is 18.8. The van der Waals surface area contributed by atoms with Crippen molar-refractivity contribution < 1.29 is 22.7 Å². The quantitative estimate of drug-likeness (QED) is 0.513. The molecule has 0 aliphatic carbocycles. The van der Waals surface area contributed by atoms with Gasteiger partial charge in [-0.25, -0.2) is 13.2 Å². The number of carbonyl (C=O) groups is 2. The number of nitrogens with one attached hydrogen (secondary N) is 2. The van der Waals surface area contributed by atoms with Gasteiger partial charge < -0.3 is 10.1 Å². The van der Waals surface area contributed by atoms with Gasteiger partial charge in [0.05, 0.1) is 22.8 Å². The van der Waals surface area contributed by atoms with E-state index in [9.17, 15) is 18.0 Å². The third-order valence-electron chi connectivity index (χ3n) is 4.71. The maximum atomic E-state index is 13.0. The number of anilines is 2. The van der Waals surface area contributed by atoms with Crippen molar-refractivity contribution in [2.45, 2.75) is 25.7 Å². The van der Waals surface area contributed by atoms with Crippen molar-refractivity contribution >= 4 is 33.3 Å². The Hall–Kier alpha value is -3.65. The molecule has 3 aromatic rings. The minimum Gasteiger partial charge on any atom is -0.462 e. The number of para-hydroxylation sites is 1. The Morgan fingerprint density at radius 3 is 2.31 bits per heavy atom. The number of sulfonamides is 1. The summed E-state index contributed by atoms with van der Waals surface area (Å²) in [5.74, 6) is -1.11. The second-order valence-electron chi connectivity index (χ2n) is 7.17. The van der Waals surface area contributed by atoms with Gasteiger partial charge in [-0.1, -0.05) is 35.9 Å². The van der Waals surface area contributed by atoms with Gasteiger partial charge in [0.2, 0.25) is 0 Å². The average Bonchev–Trinajstić information content (AvgIpc) is 2.76. The maximum Gasteiger partial charge on any atom is 0.340 e. The van der Waals surface area contributed by atoms with E-state index in [1.807, 2.05) is 6.92 Å². The molecule has 0 aliphatic heterocycles. The van der Waals surface area contributed by atoms with E-state index in [2.05, 4.69) is 10.0 Å². The van der Waals surface area contributed by atoms with Crippen molar-refractivity contribution in [3.8, 4) is 0 Å². The largest absolute Gasteiger partial charge is 0.462 e. The van der Waals surface area contributed by atoms with E-state index >= 15 is 0 Å². The predicted octanol–water partition coefficient (Wildman–Crippen LogP) is 4.53. The standard InChI is InChI=1S/C24H24N2O5S/c1-4-31-24(28)20-7-5-6-8-21(20)25-23(27)18-12-11-17(3)22(15-18)32(29,30)26-19-13-9-16(2)10-14-19/h5-15,26H,4H2,1-3H3,(H,25,27). The molecular formula is C24H24N2O5S. The summed E-state index contributed by atoms with van der Waals surface area (Å²) in [5.41, 5.74) is 2.55. The molecule has 166 valence electrons. The lowest BCUT2D eigenvalue weighted by atomic mass is 10.1. The highest BCUT2D eigenvalue weighted by Gasteiger charge is 2.20. The minimum absolute atomic E-state index is 0.00981. The number of rotatable bonds is 7. The molecule has 8 heteroatoms. The SMILES string of the molecule is CCOC(=O)c1ccccc1NC(=O)c1ccc(C)c(S(=O)(=O)Nc2ccc(C)cc2)c1. The fraction of sp³-hybridized carbons (Fsp3) is 0.167. The van der Waals surface area contributed by atoms with Crippen molar-refractivity contribution in [1.82, 2.24) is 0 Å². The molecule has 0 aromatic heterocycles. The van der Waals surface area contributed by atoms with Crippen LogP contribution in [-0.2, 0) is 14.8 Å². The number of aryl methyl sites for hydroxylation is 2. The zero-order chi connectivity index (χ0) is 23.3. The van der Waals surface area contributed by atoms with Gasteiger partial charge in [0.1, 0.15) is 0 Å². The van der Waals surface area contributed by atoms with E-state index in [1.165, 1.54) is 12.1 Å². The molecule has 0 unspecified atom stereocenters. The number of benzene rings is 3. The van der Waals surface area contributed by atoms with Crippen LogP contribution in [0.3, 0.4) is 0 Å². The number of hydrogen-bond acceptors (Lipinski definition) is 5. The molecule has 2 N–H and O–H groups in total. The van der Waals surface area contributed by atoms with Crippen LogP contribution < -0.4 is 10.0 Å². The van der Waals surface area contributed by atoms with Crippen LogP contribution in [0.25, 0.3) is 0 Å². The number of ether oxygens (including phenoxy) is 1. The van der Waals surface area contributed by atoms with Crippen molar-refractivity contribution in [2.75, 3.05) is 16.6 Å². The highest BCUT2D eigenvalue weighted by atomic mass is 32.2. The minimum atomic E-state index is -3.92. The highest BCUT2D eigenvalue weighted by molar-refractivity contribution is 7.92. The summed E-state index contributed by atoms with van der Waals surface area (Å²) in [6, 6.07) is 17.8. The smallest absolute Gasteiger partial charge is 0.340 e. The summed E-state index contributed by atoms with van der Waals surface area (Å²) < 4.78 is 33.5. The van der Waals surface area contributed by atoms with E-state index < -0.39 is 21.9 Å². The Morgan fingerprint density at radius 1 is 0.938 bits per heavy atom. The highest BCUT2D eigenvalue weighted by Crippen LogP contribution is 2.23. The molecule has 7 nitrogen and oxygen atoms in total. The summed E-state index contributed by atoms with van der Waals surface area (Å²) in [6.07, 6.45) is 0. The molecule has 3 aromatic carbocycles. The van der Waals surface area contributed by atoms with E-state index in [0.717, 1.165) is 5.56 Å². The van der Waals surface area contributed by atoms with Crippen LogP contribution in [0.5, 0.6) is 0 Å². The number of amides is 1. The normalized spacial score (nSPS) is 11.0. The fourth-order valence-corrected chi connectivity index (χ4v) is 4.37. The second-order valence-corrected chi connectivity index (χ2v) is 8.82. The Morgan fingerprint density at radius 2 is 1.62 bits per heavy atom. The first-order valence-electron chi connectivity index (χ1n) is 9.99. The lowest BCUT2D eigenvalue weighted by Crippen LogP contribution is -2.18. The molecule has 1 amide bonds. The Kier molecular flexibility index (Phi) is 6.95. The van der Waals surface area contributed by atoms with Gasteiger partial charge in [-0.3, -0.25) is 9.52 Å². The molecule has 0 aliphatic rings. The lowest BCUT2D eigenvalue weighted by Gasteiger charge is -2.13. The van der Waals surface area contributed by atoms with E-state index in [0.29, 0.717) is 11.3 Å². The third kappa shape index (κ3) is 5.33. The van der Waals surface area contributed by atoms with Crippen LogP contribution in [-0.4, -0.2) is 26.9 Å². The van der Waals surface area contributed by atoms with Gasteiger partial charge in [-0.15, -0.1) is 0 Å². The molecule has 0 heterocycles. The predicted molar refractivity (Wildman–Crippen MR) is 124 cm³/mol. The Bertz CT molecular complexity index is 1250. The first kappa shape index (κ1) is 23.0. The third-order valence-corrected chi connectivity index (χ3v) is 6.24. The van der Waals surface area contributed by atoms with Crippen LogP contribution in [0.4, 0.5) is 11.4 Å². The molecule has 0 fully saturated rings. The van der Waals surface area contributed by atoms with Gasteiger partial charge in [-0.2, -0.15) is 0 Å². The van der Waals surface area contributed by atoms with Crippen LogP contribution in [0.2, 0.25) is 0 Å². The number of hydrogen-bond donors (Lipinski definition) is 2. The summed E-state index contributed by atoms with van der Waals surface area (Å²) in [7, 11) is -3.92. The summed E-state index contributed by atoms with van der Waals surface area (Å²) in [6.45, 7) is 5.46. The van der Waals surface area contributed by atoms with Gasteiger partial charge in [0.25, 0.3) is 15.9 Å². The average molecular weight is 453 g/mol. The van der Waals surface area contributed by atoms with Gasteiger partial charge in [0.15, 0.2) is 0 Å². The summed E-state index contributed by atoms with van der Waals surface area (Å²) in [4.78, 5) is 25.0. The molecule has 0 radical (unpaired) electrons. The van der Waals surface area contributed by atoms with Gasteiger partial charge in [-0.05, 0) is 62.7 Å². The molecule has 32 heavy (non-hydrogen) atoms. The van der Waals surface area contributed by atoms with Crippen LogP contribution in [0.1, 0.15) is 38.8 Å². The van der Waals surface area contributed by atoms with Gasteiger partial charge >= 0.3 is 5.97 Å². The lowest BCUT2D eigenvalue weighted by molar-refractivity contribution is 0.0527. The van der Waals surface area contributed by atoms with Crippen molar-refractivity contribution in [2.24, 2.45) is 0 Å². The number of esters is 1. The van der Waals surface area contributed by atoms with E-state index in [1.54, 1.807) is 68.4 Å². The first-order valence-corrected chi connectivity index (χ1v) is 11.5. The zero-order valence-electron chi connectivity index (χ0n) is 18.0. The van der Waals surface area contributed by atoms with Gasteiger partial charge in [0, 0.05) is 11.3 Å². The van der Waals surface area contributed by atoms with Crippen LogP contribution in [0.15, 0.2) is 71.6 Å². The second kappa shape index (κ2) is 9.65. The van der Waals surface area contributed by atoms with Crippen molar-refractivity contribution in [3.63, 3.8) is 0 Å². The Balaban J connectivity index is 1.88. The first-order chi connectivity index (χ1) is 15.2. The summed E-state index contributed by atoms with van der Waals surface area (Å²) >= 11 is 0. The fourth-order valence-electron chi connectivity index (χ4n) is 3.04. The molecule has 0 atom stereocenters. The molecule has 0 saturated carbocycles. The van der Waals surface area contributed by atoms with Crippen molar-refractivity contribution in [1.29, 1.82) is 0 Å². The molecule has 0 spiro atoms. The topological polar surface area (TPSA) is 102 Å². The van der Waals surface area contributed by atoms with Crippen LogP contribution in [0, 0.1) is 13.8 Å². The number of carbonyl (C=O) groups excluding carboxylic acids is 2. The molecular weight excluding hydrogens is 428 g/mol. The van der Waals surface area contributed by atoms with E-state index in [4.69, 9.17) is 4.74 Å². The van der Waals surface area contributed by atoms with E-state index in [-0.39, 0.29) is 28.3 Å². The Labute approximate surface area is 187 Å².